The first-order valence-electron chi connectivity index (χ1n) is 15.9. The summed E-state index contributed by atoms with van der Waals surface area (Å²) >= 11 is 0. The Hall–Kier alpha value is -2.84. The molecular formula is C36H42CaO10S2. The number of unbranched alkanes of at least 4 members (excludes halogenated alkanes) is 6. The number of para-hydroxylation sites is 2. The van der Waals surface area contributed by atoms with E-state index in [1.54, 1.807) is 24.3 Å². The molecule has 4 rings (SSSR count). The minimum absolute atomic E-state index is 0. The molecule has 260 valence electrons. The number of aryl methyl sites for hydroxylation is 2. The fourth-order valence-corrected chi connectivity index (χ4v) is 6.37. The predicted octanol–water partition coefficient (Wildman–Crippen LogP) is 7.75. The van der Waals surface area contributed by atoms with Crippen LogP contribution in [0, 0.1) is 0 Å². The number of hydrogen-bond acceptors (Lipinski definition) is 9. The summed E-state index contributed by atoms with van der Waals surface area (Å²) in [6.45, 7) is 4.29. The van der Waals surface area contributed by atoms with Crippen LogP contribution in [0.15, 0.2) is 94.7 Å². The number of benzene rings is 4. The molecule has 0 aromatic heterocycles. The molecule has 0 bridgehead atoms. The summed E-state index contributed by atoms with van der Waals surface area (Å²) in [6.07, 6.45) is 10.4. The van der Waals surface area contributed by atoms with Gasteiger partial charge in [0.1, 0.15) is 33.1 Å². The molecule has 0 spiro atoms. The molecule has 0 amide bonds. The SMILES string of the molecule is CCCCCCc1ccccc1Oc1cccc(O)c1S(=O)(=O)O.CCCCCCc1ccccc1Oc1cccc([O-])c1S(=O)(=O)[O-].[Ca+2]. The van der Waals surface area contributed by atoms with Gasteiger partial charge < -0.3 is 24.2 Å². The smallest absolute Gasteiger partial charge is 0.872 e. The Morgan fingerprint density at radius 3 is 1.47 bits per heavy atom. The Bertz CT molecular complexity index is 1710. The van der Waals surface area contributed by atoms with Crippen LogP contribution in [0.3, 0.4) is 0 Å². The van der Waals surface area contributed by atoms with Crippen molar-refractivity contribution >= 4 is 58.0 Å². The van der Waals surface area contributed by atoms with E-state index in [9.17, 15) is 36.2 Å². The summed E-state index contributed by atoms with van der Waals surface area (Å²) < 4.78 is 77.8. The van der Waals surface area contributed by atoms with Crippen molar-refractivity contribution in [1.29, 1.82) is 0 Å². The van der Waals surface area contributed by atoms with Crippen LogP contribution in [0.4, 0.5) is 0 Å². The van der Waals surface area contributed by atoms with Gasteiger partial charge in [0.15, 0.2) is 10.6 Å². The average Bonchev–Trinajstić information content (AvgIpc) is 3.02. The van der Waals surface area contributed by atoms with Crippen molar-refractivity contribution in [3.63, 3.8) is 0 Å². The van der Waals surface area contributed by atoms with Gasteiger partial charge >= 0.3 is 47.9 Å². The van der Waals surface area contributed by atoms with Gasteiger partial charge in [-0.05, 0) is 67.1 Å². The first kappa shape index (κ1) is 42.3. The Labute approximate surface area is 319 Å². The first-order chi connectivity index (χ1) is 22.9. The van der Waals surface area contributed by atoms with Crippen LogP contribution in [-0.2, 0) is 33.1 Å². The van der Waals surface area contributed by atoms with E-state index in [1.807, 2.05) is 24.3 Å². The van der Waals surface area contributed by atoms with Gasteiger partial charge in [0.25, 0.3) is 0 Å². The normalized spacial score (nSPS) is 11.2. The molecule has 0 aliphatic rings. The number of phenolic OH excluding ortho intramolecular Hbond substituents is 1. The van der Waals surface area contributed by atoms with E-state index >= 15 is 0 Å². The molecule has 0 unspecified atom stereocenters. The van der Waals surface area contributed by atoms with Crippen molar-refractivity contribution in [3.05, 3.63) is 96.1 Å². The second kappa shape index (κ2) is 20.7. The fraction of sp³-hybridized carbons (Fsp3) is 0.333. The Morgan fingerprint density at radius 1 is 0.592 bits per heavy atom. The van der Waals surface area contributed by atoms with Gasteiger partial charge in [0.2, 0.25) is 0 Å². The summed E-state index contributed by atoms with van der Waals surface area (Å²) in [5, 5.41) is 21.5. The summed E-state index contributed by atoms with van der Waals surface area (Å²) in [5.41, 5.74) is 1.87. The van der Waals surface area contributed by atoms with Crippen LogP contribution in [0.2, 0.25) is 0 Å². The van der Waals surface area contributed by atoms with E-state index in [0.29, 0.717) is 11.5 Å². The fourth-order valence-electron chi connectivity index (χ4n) is 5.01. The van der Waals surface area contributed by atoms with Crippen molar-refractivity contribution in [2.24, 2.45) is 0 Å². The monoisotopic (exact) mass is 738 g/mol. The number of ether oxygens (including phenoxy) is 2. The van der Waals surface area contributed by atoms with Gasteiger partial charge in [-0.2, -0.15) is 8.42 Å². The van der Waals surface area contributed by atoms with Crippen LogP contribution in [0.25, 0.3) is 0 Å². The number of phenols is 1. The molecule has 4 aromatic carbocycles. The Kier molecular flexibility index (Phi) is 17.9. The molecule has 0 fully saturated rings. The molecule has 0 radical (unpaired) electrons. The maximum atomic E-state index is 11.7. The first-order valence-corrected chi connectivity index (χ1v) is 18.8. The van der Waals surface area contributed by atoms with Crippen LogP contribution >= 0.6 is 0 Å². The van der Waals surface area contributed by atoms with E-state index in [4.69, 9.17) is 9.47 Å². The molecule has 13 heteroatoms. The molecule has 4 aromatic rings. The quantitative estimate of drug-likeness (QED) is 0.0657. The van der Waals surface area contributed by atoms with Gasteiger partial charge in [-0.3, -0.25) is 4.55 Å². The molecule has 0 aliphatic heterocycles. The van der Waals surface area contributed by atoms with Crippen molar-refractivity contribution in [1.82, 2.24) is 0 Å². The third-order valence-corrected chi connectivity index (χ3v) is 9.22. The number of aromatic hydroxyl groups is 1. The molecule has 0 aliphatic carbocycles. The topological polar surface area (TPSA) is 173 Å². The van der Waals surface area contributed by atoms with E-state index in [0.717, 1.165) is 75.0 Å². The van der Waals surface area contributed by atoms with Crippen molar-refractivity contribution in [3.8, 4) is 34.5 Å². The molecular weight excluding hydrogens is 697 g/mol. The second-order valence-corrected chi connectivity index (χ2v) is 13.8. The van der Waals surface area contributed by atoms with Gasteiger partial charge in [-0.25, -0.2) is 8.42 Å². The maximum absolute atomic E-state index is 11.7. The molecule has 0 heterocycles. The van der Waals surface area contributed by atoms with Gasteiger partial charge in [0.05, 0.1) is 4.90 Å². The largest absolute Gasteiger partial charge is 2.00 e. The molecule has 0 atom stereocenters. The molecule has 49 heavy (non-hydrogen) atoms. The van der Waals surface area contributed by atoms with Crippen molar-refractivity contribution < 1.29 is 45.6 Å². The predicted molar refractivity (Wildman–Crippen MR) is 186 cm³/mol. The molecule has 0 saturated heterocycles. The van der Waals surface area contributed by atoms with E-state index in [2.05, 4.69) is 13.8 Å². The minimum Gasteiger partial charge on any atom is -0.872 e. The van der Waals surface area contributed by atoms with Crippen LogP contribution in [0.5, 0.6) is 34.5 Å². The zero-order chi connectivity index (χ0) is 35.2. The van der Waals surface area contributed by atoms with Crippen molar-refractivity contribution in [2.45, 2.75) is 87.8 Å². The zero-order valence-corrected chi connectivity index (χ0v) is 31.7. The van der Waals surface area contributed by atoms with Crippen molar-refractivity contribution in [2.75, 3.05) is 0 Å². The van der Waals surface area contributed by atoms with Gasteiger partial charge in [-0.15, -0.1) is 0 Å². The summed E-state index contributed by atoms with van der Waals surface area (Å²) in [4.78, 5) is -1.46. The van der Waals surface area contributed by atoms with Gasteiger partial charge in [-0.1, -0.05) is 113 Å². The van der Waals surface area contributed by atoms with Crippen LogP contribution < -0.4 is 14.6 Å². The molecule has 0 saturated carbocycles. The Morgan fingerprint density at radius 2 is 1.02 bits per heavy atom. The summed E-state index contributed by atoms with van der Waals surface area (Å²) in [7, 11) is -9.51. The van der Waals surface area contributed by atoms with E-state index in [-0.39, 0.29) is 49.2 Å². The molecule has 10 nitrogen and oxygen atoms in total. The molecule has 2 N–H and O–H groups in total. The Balaban J connectivity index is 0.000000333. The third-order valence-electron chi connectivity index (χ3n) is 7.39. The zero-order valence-electron chi connectivity index (χ0n) is 27.8. The summed E-state index contributed by atoms with van der Waals surface area (Å²) in [6, 6.07) is 22.4. The third kappa shape index (κ3) is 13.4. The minimum atomic E-state index is -4.91. The van der Waals surface area contributed by atoms with E-state index in [1.165, 1.54) is 36.8 Å². The van der Waals surface area contributed by atoms with Crippen LogP contribution in [0.1, 0.15) is 76.3 Å². The summed E-state index contributed by atoms with van der Waals surface area (Å²) in [5.74, 6) is -0.746. The number of hydrogen-bond donors (Lipinski definition) is 2. The standard InChI is InChI=1S/2C18H22O5S.Ca/c2*1-2-3-4-5-9-14-10-6-7-12-16(14)23-17-13-8-11-15(19)18(17)24(20,21)22;/h2*6-8,10-13,19H,2-5,9H2,1H3,(H,20,21,22);/q;;+2/p-2. The average molecular weight is 739 g/mol. The van der Waals surface area contributed by atoms with Crippen LogP contribution in [-0.4, -0.2) is 68.8 Å². The second-order valence-electron chi connectivity index (χ2n) is 11.2. The van der Waals surface area contributed by atoms with E-state index < -0.39 is 41.5 Å². The number of rotatable bonds is 16. The van der Waals surface area contributed by atoms with Gasteiger partial charge in [0, 0.05) is 0 Å². The maximum Gasteiger partial charge on any atom is 2.00 e.